The van der Waals surface area contributed by atoms with Crippen LogP contribution in [0.25, 0.3) is 0 Å². The minimum absolute atomic E-state index is 0.116. The fourth-order valence-corrected chi connectivity index (χ4v) is 3.71. The van der Waals surface area contributed by atoms with Crippen LogP contribution in [0.1, 0.15) is 64.7 Å². The highest BCUT2D eigenvalue weighted by molar-refractivity contribution is 5.70. The number of hydrogen-bond acceptors (Lipinski definition) is 2. The lowest BCUT2D eigenvalue weighted by atomic mass is 9.82. The van der Waals surface area contributed by atoms with Crippen LogP contribution in [-0.4, -0.2) is 23.2 Å². The summed E-state index contributed by atoms with van der Waals surface area (Å²) in [5.74, 6) is 0.0885. The van der Waals surface area contributed by atoms with E-state index in [1.807, 2.05) is 0 Å². The van der Waals surface area contributed by atoms with Crippen molar-refractivity contribution in [1.82, 2.24) is 5.32 Å². The Balaban J connectivity index is 1.79. The molecule has 2 rings (SSSR count). The van der Waals surface area contributed by atoms with Crippen molar-refractivity contribution in [3.63, 3.8) is 0 Å². The second-order valence-corrected chi connectivity index (χ2v) is 6.25. The average molecular weight is 253 g/mol. The van der Waals surface area contributed by atoms with Gasteiger partial charge in [-0.3, -0.25) is 4.79 Å². The second-order valence-electron chi connectivity index (χ2n) is 6.25. The SMILES string of the molecule is C[C@H](NC1CCCC(C(=O)O)C1)C1CCCCC1. The van der Waals surface area contributed by atoms with Gasteiger partial charge in [-0.15, -0.1) is 0 Å². The summed E-state index contributed by atoms with van der Waals surface area (Å²) in [5, 5.41) is 12.8. The molecule has 0 bridgehead atoms. The molecule has 3 nitrogen and oxygen atoms in total. The molecule has 104 valence electrons. The van der Waals surface area contributed by atoms with Crippen molar-refractivity contribution in [2.45, 2.75) is 76.8 Å². The zero-order chi connectivity index (χ0) is 13.0. The van der Waals surface area contributed by atoms with Gasteiger partial charge in [0.25, 0.3) is 0 Å². The highest BCUT2D eigenvalue weighted by Gasteiger charge is 2.29. The van der Waals surface area contributed by atoms with E-state index < -0.39 is 5.97 Å². The van der Waals surface area contributed by atoms with Gasteiger partial charge in [0.1, 0.15) is 0 Å². The fraction of sp³-hybridized carbons (Fsp3) is 0.933. The van der Waals surface area contributed by atoms with Crippen molar-refractivity contribution < 1.29 is 9.90 Å². The van der Waals surface area contributed by atoms with Crippen LogP contribution in [0.4, 0.5) is 0 Å². The standard InChI is InChI=1S/C15H27NO2/c1-11(12-6-3-2-4-7-12)16-14-9-5-8-13(10-14)15(17)18/h11-14,16H,2-10H2,1H3,(H,17,18)/t11-,13?,14?/m0/s1. The number of carbonyl (C=O) groups is 1. The first kappa shape index (κ1) is 13.9. The predicted octanol–water partition coefficient (Wildman–Crippen LogP) is 3.19. The Bertz CT molecular complexity index is 274. The molecule has 0 aromatic carbocycles. The van der Waals surface area contributed by atoms with Crippen LogP contribution in [0.15, 0.2) is 0 Å². The summed E-state index contributed by atoms with van der Waals surface area (Å²) in [6, 6.07) is 0.986. The van der Waals surface area contributed by atoms with Gasteiger partial charge < -0.3 is 10.4 Å². The average Bonchev–Trinajstić information content (AvgIpc) is 2.40. The number of carboxylic acids is 1. The third kappa shape index (κ3) is 3.71. The van der Waals surface area contributed by atoms with Gasteiger partial charge in [-0.2, -0.15) is 0 Å². The molecule has 0 radical (unpaired) electrons. The number of nitrogens with one attached hydrogen (secondary N) is 1. The van der Waals surface area contributed by atoms with Crippen LogP contribution < -0.4 is 5.32 Å². The van der Waals surface area contributed by atoms with E-state index in [0.29, 0.717) is 12.1 Å². The van der Waals surface area contributed by atoms with Gasteiger partial charge in [-0.25, -0.2) is 0 Å². The summed E-state index contributed by atoms with van der Waals surface area (Å²) in [4.78, 5) is 11.1. The van der Waals surface area contributed by atoms with Crippen molar-refractivity contribution >= 4 is 5.97 Å². The molecule has 0 aromatic rings. The molecule has 2 aliphatic carbocycles. The number of rotatable bonds is 4. The minimum Gasteiger partial charge on any atom is -0.481 e. The quantitative estimate of drug-likeness (QED) is 0.809. The Labute approximate surface area is 110 Å². The Morgan fingerprint density at radius 3 is 2.50 bits per heavy atom. The maximum Gasteiger partial charge on any atom is 0.306 e. The van der Waals surface area contributed by atoms with E-state index in [1.165, 1.54) is 32.1 Å². The lowest BCUT2D eigenvalue weighted by molar-refractivity contribution is -0.143. The Kier molecular flexibility index (Phi) is 5.04. The highest BCUT2D eigenvalue weighted by Crippen LogP contribution is 2.29. The summed E-state index contributed by atoms with van der Waals surface area (Å²) in [6.45, 7) is 2.29. The van der Waals surface area contributed by atoms with Crippen molar-refractivity contribution in [3.05, 3.63) is 0 Å². The zero-order valence-corrected chi connectivity index (χ0v) is 11.5. The van der Waals surface area contributed by atoms with Crippen molar-refractivity contribution in [3.8, 4) is 0 Å². The number of hydrogen-bond donors (Lipinski definition) is 2. The molecule has 18 heavy (non-hydrogen) atoms. The first-order chi connectivity index (χ1) is 8.66. The molecule has 0 saturated heterocycles. The number of aliphatic carboxylic acids is 1. The first-order valence-electron chi connectivity index (χ1n) is 7.65. The summed E-state index contributed by atoms with van der Waals surface area (Å²) < 4.78 is 0. The Morgan fingerprint density at radius 1 is 1.11 bits per heavy atom. The Hall–Kier alpha value is -0.570. The first-order valence-corrected chi connectivity index (χ1v) is 7.65. The number of carboxylic acid groups (broad SMARTS) is 1. The molecule has 0 aliphatic heterocycles. The molecule has 2 N–H and O–H groups in total. The molecule has 0 aromatic heterocycles. The van der Waals surface area contributed by atoms with E-state index in [0.717, 1.165) is 31.6 Å². The van der Waals surface area contributed by atoms with Crippen LogP contribution in [0, 0.1) is 11.8 Å². The van der Waals surface area contributed by atoms with Crippen molar-refractivity contribution in [1.29, 1.82) is 0 Å². The van der Waals surface area contributed by atoms with E-state index in [-0.39, 0.29) is 5.92 Å². The summed E-state index contributed by atoms with van der Waals surface area (Å²) >= 11 is 0. The molecule has 3 atom stereocenters. The van der Waals surface area contributed by atoms with Crippen LogP contribution in [-0.2, 0) is 4.79 Å². The summed E-state index contributed by atoms with van der Waals surface area (Å²) in [7, 11) is 0. The molecule has 2 fully saturated rings. The maximum atomic E-state index is 11.1. The van der Waals surface area contributed by atoms with E-state index in [9.17, 15) is 4.79 Å². The second kappa shape index (κ2) is 6.55. The molecule has 2 aliphatic rings. The van der Waals surface area contributed by atoms with Gasteiger partial charge in [0, 0.05) is 12.1 Å². The van der Waals surface area contributed by atoms with Gasteiger partial charge in [-0.05, 0) is 44.9 Å². The molecule has 2 saturated carbocycles. The van der Waals surface area contributed by atoms with E-state index in [1.54, 1.807) is 0 Å². The van der Waals surface area contributed by atoms with Gasteiger partial charge >= 0.3 is 5.97 Å². The van der Waals surface area contributed by atoms with E-state index in [2.05, 4.69) is 12.2 Å². The monoisotopic (exact) mass is 253 g/mol. The third-order valence-electron chi connectivity index (χ3n) is 4.88. The lowest BCUT2D eigenvalue weighted by Gasteiger charge is -2.34. The van der Waals surface area contributed by atoms with E-state index in [4.69, 9.17) is 5.11 Å². The molecule has 0 heterocycles. The molecule has 3 heteroatoms. The van der Waals surface area contributed by atoms with Gasteiger partial charge in [0.2, 0.25) is 0 Å². The molecular weight excluding hydrogens is 226 g/mol. The van der Waals surface area contributed by atoms with Crippen LogP contribution in [0.2, 0.25) is 0 Å². The largest absolute Gasteiger partial charge is 0.481 e. The maximum absolute atomic E-state index is 11.1. The van der Waals surface area contributed by atoms with Gasteiger partial charge in [0.05, 0.1) is 5.92 Å². The summed E-state index contributed by atoms with van der Waals surface area (Å²) in [6.07, 6.45) is 10.8. The van der Waals surface area contributed by atoms with Crippen molar-refractivity contribution in [2.24, 2.45) is 11.8 Å². The molecule has 0 amide bonds. The smallest absolute Gasteiger partial charge is 0.306 e. The van der Waals surface area contributed by atoms with Crippen molar-refractivity contribution in [2.75, 3.05) is 0 Å². The molecule has 0 spiro atoms. The fourth-order valence-electron chi connectivity index (χ4n) is 3.71. The third-order valence-corrected chi connectivity index (χ3v) is 4.88. The topological polar surface area (TPSA) is 49.3 Å². The minimum atomic E-state index is -0.605. The highest BCUT2D eigenvalue weighted by atomic mass is 16.4. The normalized spacial score (nSPS) is 32.1. The lowest BCUT2D eigenvalue weighted by Crippen LogP contribution is -2.44. The van der Waals surface area contributed by atoms with E-state index >= 15 is 0 Å². The zero-order valence-electron chi connectivity index (χ0n) is 11.5. The van der Waals surface area contributed by atoms with Crippen LogP contribution in [0.5, 0.6) is 0 Å². The Morgan fingerprint density at radius 2 is 1.83 bits per heavy atom. The predicted molar refractivity (Wildman–Crippen MR) is 72.6 cm³/mol. The molecule has 2 unspecified atom stereocenters. The van der Waals surface area contributed by atoms with Gasteiger partial charge in [-0.1, -0.05) is 25.7 Å². The van der Waals surface area contributed by atoms with Gasteiger partial charge in [0.15, 0.2) is 0 Å². The summed E-state index contributed by atoms with van der Waals surface area (Å²) in [5.41, 5.74) is 0. The molecular formula is C15H27NO2. The van der Waals surface area contributed by atoms with Crippen LogP contribution in [0.3, 0.4) is 0 Å². The van der Waals surface area contributed by atoms with Crippen LogP contribution >= 0.6 is 0 Å².